The second kappa shape index (κ2) is 5.47. The summed E-state index contributed by atoms with van der Waals surface area (Å²) < 4.78 is 4.55. The van der Waals surface area contributed by atoms with Crippen molar-refractivity contribution in [3.05, 3.63) is 0 Å². The van der Waals surface area contributed by atoms with Gasteiger partial charge < -0.3 is 0 Å². The Bertz CT molecular complexity index is 105. The molecule has 0 aromatic carbocycles. The Labute approximate surface area is 55.4 Å². The van der Waals surface area contributed by atoms with E-state index in [4.69, 9.17) is 0 Å². The molecule has 0 N–H and O–H groups in total. The number of rotatable bonds is 4. The molecule has 0 bridgehead atoms. The van der Waals surface area contributed by atoms with Crippen LogP contribution in [0.5, 0.6) is 0 Å². The molecule has 0 saturated carbocycles. The number of nitrogens with zero attached hydrogens (tertiary/aromatic N) is 1. The molecule has 0 rings (SSSR count). The van der Waals surface area contributed by atoms with E-state index >= 15 is 0 Å². The fourth-order valence-corrected chi connectivity index (χ4v) is 0.365. The molecule has 1 atom stereocenters. The number of hydrogen-bond donors (Lipinski definition) is 0. The first-order chi connectivity index (χ1) is 4.31. The molecular formula is C5H10BNO2. The van der Waals surface area contributed by atoms with Gasteiger partial charge in [0.1, 0.15) is 0 Å². The number of carbonyl (C=O) groups is 1. The molecule has 0 aliphatic heterocycles. The van der Waals surface area contributed by atoms with E-state index in [9.17, 15) is 4.79 Å². The van der Waals surface area contributed by atoms with Crippen LogP contribution in [0.4, 0.5) is 0 Å². The number of aldehydes is 1. The van der Waals surface area contributed by atoms with Gasteiger partial charge in [0.2, 0.25) is 0 Å². The van der Waals surface area contributed by atoms with Crippen LogP contribution in [-0.2, 0) is 9.45 Å². The Kier molecular flexibility index (Phi) is 5.07. The van der Waals surface area contributed by atoms with Gasteiger partial charge in [-0.05, 0) is 0 Å². The Morgan fingerprint density at radius 2 is 2.56 bits per heavy atom. The van der Waals surface area contributed by atoms with E-state index in [0.29, 0.717) is 6.42 Å². The van der Waals surface area contributed by atoms with Gasteiger partial charge in [0, 0.05) is 0 Å². The van der Waals surface area contributed by atoms with Crippen LogP contribution in [0, 0.1) is 0 Å². The van der Waals surface area contributed by atoms with Gasteiger partial charge in [-0.3, -0.25) is 0 Å². The zero-order chi connectivity index (χ0) is 7.11. The summed E-state index contributed by atoms with van der Waals surface area (Å²) in [5, 5.41) is 0. The molecule has 0 aromatic heterocycles. The molecule has 0 amide bonds. The van der Waals surface area contributed by atoms with Crippen LogP contribution < -0.4 is 0 Å². The minimum atomic E-state index is 0.0439. The first-order valence-electron chi connectivity index (χ1n) is 2.79. The van der Waals surface area contributed by atoms with E-state index in [-0.39, 0.29) is 6.04 Å². The standard InChI is InChI=1S/C5H10BNO2/c1-5(3-4-8)7-6-9-2/h4-5H,3H2,1-2H3/t5-/m0/s1. The summed E-state index contributed by atoms with van der Waals surface area (Å²) >= 11 is 0. The molecule has 9 heavy (non-hydrogen) atoms. The molecule has 3 nitrogen and oxygen atoms in total. The molecule has 0 unspecified atom stereocenters. The molecule has 0 fully saturated rings. The van der Waals surface area contributed by atoms with E-state index < -0.39 is 0 Å². The predicted molar refractivity (Wildman–Crippen MR) is 35.3 cm³/mol. The molecule has 0 saturated heterocycles. The third-order valence-electron chi connectivity index (χ3n) is 0.858. The molecule has 0 aliphatic rings. The molecule has 0 aromatic rings. The zero-order valence-electron chi connectivity index (χ0n) is 5.70. The minimum absolute atomic E-state index is 0.0439. The summed E-state index contributed by atoms with van der Waals surface area (Å²) in [5.74, 6) is 0. The monoisotopic (exact) mass is 127 g/mol. The van der Waals surface area contributed by atoms with Gasteiger partial charge in [0.05, 0.1) is 0 Å². The van der Waals surface area contributed by atoms with Crippen LogP contribution in [-0.4, -0.2) is 26.7 Å². The van der Waals surface area contributed by atoms with Crippen molar-refractivity contribution < 1.29 is 9.45 Å². The van der Waals surface area contributed by atoms with Crippen molar-refractivity contribution in [1.82, 2.24) is 0 Å². The van der Waals surface area contributed by atoms with Crippen LogP contribution in [0.3, 0.4) is 0 Å². The summed E-state index contributed by atoms with van der Waals surface area (Å²) in [6.45, 7) is 1.85. The summed E-state index contributed by atoms with van der Waals surface area (Å²) in [6, 6.07) is 0.0439. The van der Waals surface area contributed by atoms with Crippen LogP contribution >= 0.6 is 0 Å². The van der Waals surface area contributed by atoms with Crippen molar-refractivity contribution in [1.29, 1.82) is 0 Å². The summed E-state index contributed by atoms with van der Waals surface area (Å²) in [5.41, 5.74) is 0. The summed E-state index contributed by atoms with van der Waals surface area (Å²) in [6.07, 6.45) is 1.30. The number of carbonyl (C=O) groups excluding carboxylic acids is 1. The van der Waals surface area contributed by atoms with Gasteiger partial charge >= 0.3 is 54.4 Å². The number of hydrogen-bond acceptors (Lipinski definition) is 3. The third-order valence-corrected chi connectivity index (χ3v) is 0.858. The zero-order valence-corrected chi connectivity index (χ0v) is 5.70. The van der Waals surface area contributed by atoms with E-state index in [1.807, 2.05) is 6.92 Å². The normalized spacial score (nSPS) is 12.7. The van der Waals surface area contributed by atoms with Gasteiger partial charge in [-0.15, -0.1) is 0 Å². The second-order valence-electron chi connectivity index (χ2n) is 1.74. The van der Waals surface area contributed by atoms with Crippen molar-refractivity contribution in [3.8, 4) is 0 Å². The van der Waals surface area contributed by atoms with Crippen LogP contribution in [0.25, 0.3) is 0 Å². The first-order valence-corrected chi connectivity index (χ1v) is 2.79. The van der Waals surface area contributed by atoms with Crippen LogP contribution in [0.15, 0.2) is 4.90 Å². The van der Waals surface area contributed by atoms with Gasteiger partial charge in [-0.25, -0.2) is 0 Å². The van der Waals surface area contributed by atoms with Crippen molar-refractivity contribution in [3.63, 3.8) is 0 Å². The van der Waals surface area contributed by atoms with Crippen molar-refractivity contribution in [2.75, 3.05) is 7.11 Å². The fourth-order valence-electron chi connectivity index (χ4n) is 0.365. The predicted octanol–water partition coefficient (Wildman–Crippen LogP) is 0.413. The van der Waals surface area contributed by atoms with E-state index in [1.54, 1.807) is 0 Å². The van der Waals surface area contributed by atoms with E-state index in [1.165, 1.54) is 14.4 Å². The van der Waals surface area contributed by atoms with Gasteiger partial charge in [-0.1, -0.05) is 0 Å². The molecule has 4 heteroatoms. The average molecular weight is 127 g/mol. The molecular weight excluding hydrogens is 117 g/mol. The molecule has 0 heterocycles. The Hall–Kier alpha value is -0.665. The van der Waals surface area contributed by atoms with Crippen LogP contribution in [0.1, 0.15) is 13.3 Å². The molecule has 0 radical (unpaired) electrons. The molecule has 50 valence electrons. The van der Waals surface area contributed by atoms with E-state index in [2.05, 4.69) is 9.55 Å². The van der Waals surface area contributed by atoms with E-state index in [0.717, 1.165) is 6.29 Å². The maximum atomic E-state index is 9.86. The third kappa shape index (κ3) is 5.20. The fraction of sp³-hybridized carbons (Fsp3) is 0.800. The van der Waals surface area contributed by atoms with Crippen molar-refractivity contribution in [2.45, 2.75) is 19.4 Å². The summed E-state index contributed by atoms with van der Waals surface area (Å²) in [7, 11) is 2.87. The van der Waals surface area contributed by atoms with Gasteiger partial charge in [0.25, 0.3) is 0 Å². The summed E-state index contributed by atoms with van der Waals surface area (Å²) in [4.78, 5) is 13.7. The second-order valence-corrected chi connectivity index (χ2v) is 1.74. The first kappa shape index (κ1) is 8.33. The Morgan fingerprint density at radius 3 is 3.00 bits per heavy atom. The average Bonchev–Trinajstić information content (AvgIpc) is 1.85. The van der Waals surface area contributed by atoms with Crippen molar-refractivity contribution >= 4 is 13.6 Å². The Morgan fingerprint density at radius 1 is 1.89 bits per heavy atom. The molecule has 0 spiro atoms. The van der Waals surface area contributed by atoms with Crippen molar-refractivity contribution in [2.24, 2.45) is 4.90 Å². The van der Waals surface area contributed by atoms with Gasteiger partial charge in [0.15, 0.2) is 0 Å². The van der Waals surface area contributed by atoms with Gasteiger partial charge in [-0.2, -0.15) is 0 Å². The topological polar surface area (TPSA) is 38.7 Å². The van der Waals surface area contributed by atoms with Crippen LogP contribution in [0.2, 0.25) is 0 Å². The SMILES string of the molecule is COB=N[C@@H](C)CC=O. The maximum absolute atomic E-state index is 9.86. The quantitative estimate of drug-likeness (QED) is 0.405. The Balaban J connectivity index is 3.35. The molecule has 0 aliphatic carbocycles.